The fourth-order valence-corrected chi connectivity index (χ4v) is 4.21. The van der Waals surface area contributed by atoms with Gasteiger partial charge in [-0.1, -0.05) is 54.8 Å². The predicted octanol–water partition coefficient (Wildman–Crippen LogP) is 4.19. The van der Waals surface area contributed by atoms with Gasteiger partial charge in [0, 0.05) is 35.7 Å². The summed E-state index contributed by atoms with van der Waals surface area (Å²) in [7, 11) is 0. The molecule has 1 saturated carbocycles. The Morgan fingerprint density at radius 1 is 1.24 bits per heavy atom. The Kier molecular flexibility index (Phi) is 4.72. The molecule has 0 aromatic heterocycles. The molecule has 21 heavy (non-hydrogen) atoms. The topological polar surface area (TPSA) is 15.3 Å². The van der Waals surface area contributed by atoms with Gasteiger partial charge in [0.05, 0.1) is 0 Å². The number of nitrogens with one attached hydrogen (secondary N) is 1. The van der Waals surface area contributed by atoms with Gasteiger partial charge in [-0.25, -0.2) is 0 Å². The zero-order valence-corrected chi connectivity index (χ0v) is 14.8. The normalized spacial score (nSPS) is 25.8. The lowest BCUT2D eigenvalue weighted by molar-refractivity contribution is 0.0261. The highest BCUT2D eigenvalue weighted by Gasteiger charge is 2.43. The molecule has 2 aliphatic rings. The molecule has 1 aromatic carbocycles. The molecule has 1 saturated heterocycles. The van der Waals surface area contributed by atoms with Crippen LogP contribution in [0, 0.1) is 5.92 Å². The largest absolute Gasteiger partial charge is 0.311 e. The van der Waals surface area contributed by atoms with E-state index in [0.29, 0.717) is 17.5 Å². The van der Waals surface area contributed by atoms with Crippen LogP contribution < -0.4 is 5.32 Å². The first-order valence-electron chi connectivity index (χ1n) is 8.32. The van der Waals surface area contributed by atoms with E-state index in [1.807, 2.05) is 0 Å². The van der Waals surface area contributed by atoms with Crippen molar-refractivity contribution in [3.05, 3.63) is 34.3 Å². The Balaban J connectivity index is 1.78. The Morgan fingerprint density at radius 3 is 2.52 bits per heavy atom. The second-order valence-electron chi connectivity index (χ2n) is 7.17. The molecule has 116 valence electrons. The van der Waals surface area contributed by atoms with Crippen LogP contribution >= 0.6 is 15.9 Å². The van der Waals surface area contributed by atoms with Crippen LogP contribution in [0.4, 0.5) is 0 Å². The third-order valence-corrected chi connectivity index (χ3v) is 5.94. The van der Waals surface area contributed by atoms with Crippen LogP contribution in [0.1, 0.15) is 45.1 Å². The highest BCUT2D eigenvalue weighted by atomic mass is 79.9. The summed E-state index contributed by atoms with van der Waals surface area (Å²) in [4.78, 5) is 2.78. The standard InChI is InChI=1S/C18H27BrN2/c1-14(2)17-12-21(11-15-5-7-16(19)8-6-15)18(13-20-17)9-3-4-10-18/h5-8,14,17,20H,3-4,9-13H2,1-2H3. The number of hydrogen-bond acceptors (Lipinski definition) is 2. The highest BCUT2D eigenvalue weighted by Crippen LogP contribution is 2.38. The van der Waals surface area contributed by atoms with Crippen molar-refractivity contribution in [3.8, 4) is 0 Å². The monoisotopic (exact) mass is 350 g/mol. The molecule has 1 N–H and O–H groups in total. The average Bonchev–Trinajstić information content (AvgIpc) is 2.93. The average molecular weight is 351 g/mol. The molecule has 0 radical (unpaired) electrons. The SMILES string of the molecule is CC(C)C1CN(Cc2ccc(Br)cc2)C2(CCCC2)CN1. The molecular formula is C18H27BrN2. The lowest BCUT2D eigenvalue weighted by Gasteiger charge is -2.49. The van der Waals surface area contributed by atoms with E-state index >= 15 is 0 Å². The summed E-state index contributed by atoms with van der Waals surface area (Å²) in [5.74, 6) is 0.705. The molecule has 0 bridgehead atoms. The van der Waals surface area contributed by atoms with Gasteiger partial charge in [0.25, 0.3) is 0 Å². The summed E-state index contributed by atoms with van der Waals surface area (Å²) >= 11 is 3.54. The maximum absolute atomic E-state index is 3.83. The molecule has 1 atom stereocenters. The van der Waals surface area contributed by atoms with Gasteiger partial charge in [0.2, 0.25) is 0 Å². The van der Waals surface area contributed by atoms with Crippen molar-refractivity contribution in [2.75, 3.05) is 13.1 Å². The van der Waals surface area contributed by atoms with E-state index in [9.17, 15) is 0 Å². The van der Waals surface area contributed by atoms with E-state index in [-0.39, 0.29) is 0 Å². The van der Waals surface area contributed by atoms with Crippen molar-refractivity contribution in [2.24, 2.45) is 5.92 Å². The van der Waals surface area contributed by atoms with Crippen molar-refractivity contribution in [1.82, 2.24) is 10.2 Å². The predicted molar refractivity (Wildman–Crippen MR) is 92.4 cm³/mol. The van der Waals surface area contributed by atoms with Gasteiger partial charge in [-0.2, -0.15) is 0 Å². The number of piperazine rings is 1. The van der Waals surface area contributed by atoms with Gasteiger partial charge in [-0.15, -0.1) is 0 Å². The van der Waals surface area contributed by atoms with Crippen LogP contribution in [-0.2, 0) is 6.54 Å². The summed E-state index contributed by atoms with van der Waals surface area (Å²) in [5.41, 5.74) is 1.85. The van der Waals surface area contributed by atoms with Gasteiger partial charge in [0.1, 0.15) is 0 Å². The molecule has 1 spiro atoms. The second-order valence-corrected chi connectivity index (χ2v) is 8.09. The van der Waals surface area contributed by atoms with Gasteiger partial charge >= 0.3 is 0 Å². The Hall–Kier alpha value is -0.380. The number of benzene rings is 1. The maximum Gasteiger partial charge on any atom is 0.0338 e. The molecule has 1 aliphatic carbocycles. The minimum absolute atomic E-state index is 0.415. The summed E-state index contributed by atoms with van der Waals surface area (Å²) in [6.45, 7) is 8.13. The van der Waals surface area contributed by atoms with E-state index in [2.05, 4.69) is 64.3 Å². The van der Waals surface area contributed by atoms with Gasteiger partial charge < -0.3 is 5.32 Å². The first-order chi connectivity index (χ1) is 10.1. The smallest absolute Gasteiger partial charge is 0.0338 e. The van der Waals surface area contributed by atoms with Crippen LogP contribution in [-0.4, -0.2) is 29.6 Å². The fourth-order valence-electron chi connectivity index (χ4n) is 3.94. The van der Waals surface area contributed by atoms with Crippen molar-refractivity contribution in [3.63, 3.8) is 0 Å². The molecular weight excluding hydrogens is 324 g/mol. The molecule has 0 amide bonds. The summed E-state index contributed by atoms with van der Waals surface area (Å²) in [6.07, 6.45) is 5.51. The first-order valence-corrected chi connectivity index (χ1v) is 9.11. The third-order valence-electron chi connectivity index (χ3n) is 5.41. The van der Waals surface area contributed by atoms with Crippen LogP contribution in [0.15, 0.2) is 28.7 Å². The van der Waals surface area contributed by atoms with Gasteiger partial charge in [-0.05, 0) is 36.5 Å². The molecule has 2 nitrogen and oxygen atoms in total. The maximum atomic E-state index is 3.83. The van der Waals surface area contributed by atoms with Gasteiger partial charge in [0.15, 0.2) is 0 Å². The lowest BCUT2D eigenvalue weighted by Crippen LogP contribution is -2.64. The van der Waals surface area contributed by atoms with E-state index < -0.39 is 0 Å². The lowest BCUT2D eigenvalue weighted by atomic mass is 9.88. The second kappa shape index (κ2) is 6.39. The van der Waals surface area contributed by atoms with Crippen molar-refractivity contribution in [1.29, 1.82) is 0 Å². The van der Waals surface area contributed by atoms with Crippen molar-refractivity contribution in [2.45, 2.75) is 57.7 Å². The molecule has 3 heteroatoms. The van der Waals surface area contributed by atoms with Crippen LogP contribution in [0.3, 0.4) is 0 Å². The minimum atomic E-state index is 0.415. The number of rotatable bonds is 3. The number of nitrogens with zero attached hydrogens (tertiary/aromatic N) is 1. The first kappa shape index (κ1) is 15.5. The highest BCUT2D eigenvalue weighted by molar-refractivity contribution is 9.10. The Morgan fingerprint density at radius 2 is 1.90 bits per heavy atom. The van der Waals surface area contributed by atoms with Crippen LogP contribution in [0.25, 0.3) is 0 Å². The fraction of sp³-hybridized carbons (Fsp3) is 0.667. The molecule has 1 aliphatic heterocycles. The summed E-state index contributed by atoms with van der Waals surface area (Å²) in [6, 6.07) is 9.49. The van der Waals surface area contributed by atoms with E-state index in [1.54, 1.807) is 0 Å². The number of halogens is 1. The van der Waals surface area contributed by atoms with E-state index in [0.717, 1.165) is 6.54 Å². The van der Waals surface area contributed by atoms with Crippen LogP contribution in [0.5, 0.6) is 0 Å². The van der Waals surface area contributed by atoms with Gasteiger partial charge in [-0.3, -0.25) is 4.90 Å². The van der Waals surface area contributed by atoms with Crippen molar-refractivity contribution >= 4 is 15.9 Å². The number of hydrogen-bond donors (Lipinski definition) is 1. The Bertz CT molecular complexity index is 463. The third kappa shape index (κ3) is 3.35. The molecule has 1 unspecified atom stereocenters. The molecule has 1 aromatic rings. The van der Waals surface area contributed by atoms with E-state index in [1.165, 1.54) is 48.8 Å². The Labute approximate surface area is 137 Å². The zero-order chi connectivity index (χ0) is 14.9. The quantitative estimate of drug-likeness (QED) is 0.878. The molecule has 1 heterocycles. The molecule has 3 rings (SSSR count). The van der Waals surface area contributed by atoms with Crippen LogP contribution in [0.2, 0.25) is 0 Å². The molecule has 2 fully saturated rings. The minimum Gasteiger partial charge on any atom is -0.311 e. The van der Waals surface area contributed by atoms with E-state index in [4.69, 9.17) is 0 Å². The summed E-state index contributed by atoms with van der Waals surface area (Å²) < 4.78 is 1.17. The zero-order valence-electron chi connectivity index (χ0n) is 13.2. The summed E-state index contributed by atoms with van der Waals surface area (Å²) in [5, 5.41) is 3.83. The van der Waals surface area contributed by atoms with Crippen molar-refractivity contribution < 1.29 is 0 Å².